The highest BCUT2D eigenvalue weighted by Crippen LogP contribution is 2.13. The molecular weight excluding hydrogens is 245 g/mol. The summed E-state index contributed by atoms with van der Waals surface area (Å²) in [4.78, 5) is 4.12. The Bertz CT molecular complexity index is 202. The van der Waals surface area contributed by atoms with Gasteiger partial charge in [0.25, 0.3) is 0 Å². The minimum absolute atomic E-state index is 1.09. The van der Waals surface area contributed by atoms with Crippen molar-refractivity contribution in [2.45, 2.75) is 5.03 Å². The van der Waals surface area contributed by atoms with Crippen molar-refractivity contribution >= 4 is 34.4 Å². The molecule has 9 heavy (non-hydrogen) atoms. The summed E-state index contributed by atoms with van der Waals surface area (Å²) in [5, 5.41) is 1.09. The van der Waals surface area contributed by atoms with Crippen LogP contribution < -0.4 is 0 Å². The van der Waals surface area contributed by atoms with Gasteiger partial charge in [-0.1, -0.05) is 0 Å². The van der Waals surface area contributed by atoms with Gasteiger partial charge in [0.05, 0.1) is 5.03 Å². The number of hydrogen-bond acceptors (Lipinski definition) is 2. The van der Waals surface area contributed by atoms with E-state index < -0.39 is 0 Å². The average molecular weight is 251 g/mol. The van der Waals surface area contributed by atoms with E-state index in [4.69, 9.17) is 0 Å². The van der Waals surface area contributed by atoms with Gasteiger partial charge in [-0.2, -0.15) is 0 Å². The van der Waals surface area contributed by atoms with Gasteiger partial charge < -0.3 is 0 Å². The Labute approximate surface area is 72.4 Å². The largest absolute Gasteiger partial charge is 0.250 e. The monoisotopic (exact) mass is 251 g/mol. The van der Waals surface area contributed by atoms with E-state index in [0.717, 1.165) is 5.03 Å². The molecule has 0 unspecified atom stereocenters. The summed E-state index contributed by atoms with van der Waals surface area (Å²) in [6.07, 6.45) is 3.85. The first-order valence-corrected chi connectivity index (χ1v) is 4.79. The van der Waals surface area contributed by atoms with Gasteiger partial charge in [-0.05, 0) is 41.0 Å². The molecule has 0 spiro atoms. The van der Waals surface area contributed by atoms with Gasteiger partial charge in [0.15, 0.2) is 0 Å². The van der Waals surface area contributed by atoms with Crippen molar-refractivity contribution in [3.63, 3.8) is 0 Å². The second-order valence-corrected chi connectivity index (χ2v) is 3.59. The Morgan fingerprint density at radius 3 is 2.89 bits per heavy atom. The van der Waals surface area contributed by atoms with E-state index in [1.807, 2.05) is 18.5 Å². The molecule has 0 fully saturated rings. The van der Waals surface area contributed by atoms with Crippen LogP contribution in [0.5, 0.6) is 0 Å². The van der Waals surface area contributed by atoms with Crippen molar-refractivity contribution in [2.24, 2.45) is 0 Å². The maximum Gasteiger partial charge on any atom is 0.0967 e. The predicted molar refractivity (Wildman–Crippen MR) is 48.7 cm³/mol. The number of rotatable bonds is 1. The SMILES string of the molecule is CSc1cc(I)ccn1. The van der Waals surface area contributed by atoms with Gasteiger partial charge in [-0.15, -0.1) is 11.8 Å². The number of hydrogen-bond donors (Lipinski definition) is 0. The summed E-state index contributed by atoms with van der Waals surface area (Å²) in [6.45, 7) is 0. The molecule has 0 aliphatic carbocycles. The fourth-order valence-electron chi connectivity index (χ4n) is 0.497. The second kappa shape index (κ2) is 3.41. The van der Waals surface area contributed by atoms with Crippen molar-refractivity contribution in [1.29, 1.82) is 0 Å². The molecule has 1 aromatic rings. The summed E-state index contributed by atoms with van der Waals surface area (Å²) in [5.41, 5.74) is 0. The lowest BCUT2D eigenvalue weighted by molar-refractivity contribution is 1.13. The third-order valence-electron chi connectivity index (χ3n) is 0.906. The van der Waals surface area contributed by atoms with E-state index in [1.54, 1.807) is 11.8 Å². The molecule has 0 atom stereocenters. The van der Waals surface area contributed by atoms with Gasteiger partial charge in [0.2, 0.25) is 0 Å². The summed E-state index contributed by atoms with van der Waals surface area (Å²) < 4.78 is 1.24. The average Bonchev–Trinajstić information content (AvgIpc) is 1.88. The summed E-state index contributed by atoms with van der Waals surface area (Å²) in [7, 11) is 0. The first-order valence-electron chi connectivity index (χ1n) is 2.48. The van der Waals surface area contributed by atoms with Crippen molar-refractivity contribution < 1.29 is 0 Å². The minimum Gasteiger partial charge on any atom is -0.250 e. The molecule has 1 heterocycles. The molecule has 0 saturated heterocycles. The van der Waals surface area contributed by atoms with E-state index >= 15 is 0 Å². The Morgan fingerprint density at radius 2 is 2.44 bits per heavy atom. The normalized spacial score (nSPS) is 9.56. The first kappa shape index (κ1) is 7.34. The number of thioether (sulfide) groups is 1. The van der Waals surface area contributed by atoms with Gasteiger partial charge in [-0.3, -0.25) is 0 Å². The Balaban J connectivity index is 2.94. The molecule has 3 heteroatoms. The fraction of sp³-hybridized carbons (Fsp3) is 0.167. The third-order valence-corrected chi connectivity index (χ3v) is 2.22. The Morgan fingerprint density at radius 1 is 1.67 bits per heavy atom. The van der Waals surface area contributed by atoms with Gasteiger partial charge in [0, 0.05) is 9.77 Å². The lowest BCUT2D eigenvalue weighted by Crippen LogP contribution is -1.77. The van der Waals surface area contributed by atoms with Crippen LogP contribution in [0.4, 0.5) is 0 Å². The summed E-state index contributed by atoms with van der Waals surface area (Å²) in [5.74, 6) is 0. The maximum absolute atomic E-state index is 4.12. The van der Waals surface area contributed by atoms with E-state index in [2.05, 4.69) is 33.6 Å². The molecule has 1 aromatic heterocycles. The van der Waals surface area contributed by atoms with Gasteiger partial charge in [0.1, 0.15) is 0 Å². The lowest BCUT2D eigenvalue weighted by Gasteiger charge is -1.92. The molecule has 0 aromatic carbocycles. The fourth-order valence-corrected chi connectivity index (χ4v) is 1.58. The molecule has 1 rings (SSSR count). The van der Waals surface area contributed by atoms with E-state index in [-0.39, 0.29) is 0 Å². The van der Waals surface area contributed by atoms with Crippen molar-refractivity contribution in [3.05, 3.63) is 21.9 Å². The van der Waals surface area contributed by atoms with E-state index in [0.29, 0.717) is 0 Å². The summed E-state index contributed by atoms with van der Waals surface area (Å²) >= 11 is 3.94. The van der Waals surface area contributed by atoms with Crippen LogP contribution in [0.1, 0.15) is 0 Å². The zero-order chi connectivity index (χ0) is 6.69. The third kappa shape index (κ3) is 2.14. The van der Waals surface area contributed by atoms with Crippen molar-refractivity contribution in [2.75, 3.05) is 6.26 Å². The lowest BCUT2D eigenvalue weighted by atomic mass is 10.5. The Kier molecular flexibility index (Phi) is 2.78. The predicted octanol–water partition coefficient (Wildman–Crippen LogP) is 2.41. The molecule has 0 saturated carbocycles. The highest BCUT2D eigenvalue weighted by molar-refractivity contribution is 14.1. The van der Waals surface area contributed by atoms with Crippen LogP contribution in [0, 0.1) is 3.57 Å². The minimum atomic E-state index is 1.09. The van der Waals surface area contributed by atoms with Crippen LogP contribution in [0.3, 0.4) is 0 Å². The summed E-state index contributed by atoms with van der Waals surface area (Å²) in [6, 6.07) is 4.05. The number of nitrogens with zero attached hydrogens (tertiary/aromatic N) is 1. The molecule has 0 aliphatic rings. The highest BCUT2D eigenvalue weighted by Gasteiger charge is 1.89. The Hall–Kier alpha value is 0.230. The quantitative estimate of drug-likeness (QED) is 0.561. The van der Waals surface area contributed by atoms with Gasteiger partial charge in [-0.25, -0.2) is 4.98 Å². The van der Waals surface area contributed by atoms with Crippen molar-refractivity contribution in [3.8, 4) is 0 Å². The van der Waals surface area contributed by atoms with Crippen LogP contribution in [0.2, 0.25) is 0 Å². The van der Waals surface area contributed by atoms with Crippen LogP contribution in [0.25, 0.3) is 0 Å². The van der Waals surface area contributed by atoms with Crippen LogP contribution in [-0.4, -0.2) is 11.2 Å². The molecule has 0 N–H and O–H groups in total. The molecule has 48 valence electrons. The molecule has 0 radical (unpaired) electrons. The van der Waals surface area contributed by atoms with E-state index in [1.165, 1.54) is 3.57 Å². The maximum atomic E-state index is 4.12. The van der Waals surface area contributed by atoms with E-state index in [9.17, 15) is 0 Å². The number of pyridine rings is 1. The molecule has 0 bridgehead atoms. The topological polar surface area (TPSA) is 12.9 Å². The molecule has 1 nitrogen and oxygen atoms in total. The van der Waals surface area contributed by atoms with Crippen LogP contribution in [-0.2, 0) is 0 Å². The second-order valence-electron chi connectivity index (χ2n) is 1.52. The van der Waals surface area contributed by atoms with Gasteiger partial charge >= 0.3 is 0 Å². The smallest absolute Gasteiger partial charge is 0.0967 e. The number of aromatic nitrogens is 1. The molecular formula is C6H6INS. The zero-order valence-corrected chi connectivity index (χ0v) is 7.94. The standard InChI is InChI=1S/C6H6INS/c1-9-6-4-5(7)2-3-8-6/h2-4H,1H3. The first-order chi connectivity index (χ1) is 4.33. The highest BCUT2D eigenvalue weighted by atomic mass is 127. The molecule has 0 amide bonds. The molecule has 0 aliphatic heterocycles. The van der Waals surface area contributed by atoms with Crippen LogP contribution >= 0.6 is 34.4 Å². The van der Waals surface area contributed by atoms with Crippen molar-refractivity contribution in [1.82, 2.24) is 4.98 Å². The zero-order valence-electron chi connectivity index (χ0n) is 4.97. The van der Waals surface area contributed by atoms with Crippen LogP contribution in [0.15, 0.2) is 23.4 Å². The number of halogens is 1.